The van der Waals surface area contributed by atoms with Crippen LogP contribution in [0.15, 0.2) is 4.99 Å². The molecule has 1 amide bonds. The number of likely N-dealkylation sites (tertiary alicyclic amines) is 1. The number of guanidine groups is 1. The molecule has 1 aliphatic rings. The molecule has 0 spiro atoms. The van der Waals surface area contributed by atoms with Crippen LogP contribution in [0.1, 0.15) is 65.7 Å². The van der Waals surface area contributed by atoms with E-state index >= 15 is 0 Å². The fourth-order valence-corrected chi connectivity index (χ4v) is 3.10. The Morgan fingerprint density at radius 1 is 1.21 bits per heavy atom. The van der Waals surface area contributed by atoms with Crippen molar-refractivity contribution in [1.29, 1.82) is 0 Å². The van der Waals surface area contributed by atoms with Crippen molar-refractivity contribution in [2.75, 3.05) is 26.7 Å². The lowest BCUT2D eigenvalue weighted by Gasteiger charge is -2.27. The highest BCUT2D eigenvalue weighted by molar-refractivity contribution is 14.0. The second kappa shape index (κ2) is 13.7. The molecule has 1 unspecified atom stereocenters. The first-order valence-corrected chi connectivity index (χ1v) is 9.32. The zero-order valence-electron chi connectivity index (χ0n) is 15.9. The minimum Gasteiger partial charge on any atom is -0.356 e. The molecule has 0 aromatic heterocycles. The van der Waals surface area contributed by atoms with E-state index < -0.39 is 0 Å². The van der Waals surface area contributed by atoms with E-state index in [4.69, 9.17) is 0 Å². The first kappa shape index (κ1) is 23.5. The number of rotatable bonds is 10. The topological polar surface area (TPSA) is 56.7 Å². The van der Waals surface area contributed by atoms with E-state index in [9.17, 15) is 4.79 Å². The average molecular weight is 452 g/mol. The van der Waals surface area contributed by atoms with Gasteiger partial charge < -0.3 is 15.5 Å². The summed E-state index contributed by atoms with van der Waals surface area (Å²) in [6.07, 6.45) is 7.47. The van der Waals surface area contributed by atoms with Crippen molar-refractivity contribution in [3.05, 3.63) is 0 Å². The molecule has 0 bridgehead atoms. The van der Waals surface area contributed by atoms with E-state index in [0.29, 0.717) is 11.9 Å². The van der Waals surface area contributed by atoms with Crippen LogP contribution in [0.2, 0.25) is 0 Å². The summed E-state index contributed by atoms with van der Waals surface area (Å²) in [5, 5.41) is 6.74. The molecule has 24 heavy (non-hydrogen) atoms. The quantitative estimate of drug-likeness (QED) is 0.231. The van der Waals surface area contributed by atoms with Crippen molar-refractivity contribution in [3.8, 4) is 0 Å². The second-order valence-corrected chi connectivity index (χ2v) is 6.86. The minimum absolute atomic E-state index is 0. The standard InChI is InChI=1S/C18H36N4O.HI/c1-5-16(22-14-8-10-17(22)23)11-13-21-18(19-4)20-12-7-6-9-15(2)3;/h15-16H,5-14H2,1-4H3,(H2,19,20,21);1H. The molecule has 5 nitrogen and oxygen atoms in total. The van der Waals surface area contributed by atoms with E-state index in [1.165, 1.54) is 19.3 Å². The van der Waals surface area contributed by atoms with E-state index in [1.54, 1.807) is 0 Å². The van der Waals surface area contributed by atoms with Gasteiger partial charge in [-0.25, -0.2) is 0 Å². The molecular weight excluding hydrogens is 415 g/mol. The highest BCUT2D eigenvalue weighted by Crippen LogP contribution is 2.17. The lowest BCUT2D eigenvalue weighted by Crippen LogP contribution is -2.42. The Kier molecular flexibility index (Phi) is 13.4. The predicted molar refractivity (Wildman–Crippen MR) is 113 cm³/mol. The van der Waals surface area contributed by atoms with Gasteiger partial charge in [0.2, 0.25) is 5.91 Å². The Bertz CT molecular complexity index is 374. The SMILES string of the molecule is CCC(CCNC(=NC)NCCCCC(C)C)N1CCCC1=O.I. The number of amides is 1. The number of carbonyl (C=O) groups excluding carboxylic acids is 1. The first-order valence-electron chi connectivity index (χ1n) is 9.32. The number of hydrogen-bond donors (Lipinski definition) is 2. The van der Waals surface area contributed by atoms with Crippen LogP contribution < -0.4 is 10.6 Å². The molecule has 1 aliphatic heterocycles. The molecule has 2 N–H and O–H groups in total. The molecule has 1 heterocycles. The van der Waals surface area contributed by atoms with E-state index in [-0.39, 0.29) is 24.0 Å². The third kappa shape index (κ3) is 9.08. The molecule has 6 heteroatoms. The lowest BCUT2D eigenvalue weighted by molar-refractivity contribution is -0.129. The van der Waals surface area contributed by atoms with Crippen LogP contribution >= 0.6 is 24.0 Å². The molecule has 1 atom stereocenters. The summed E-state index contributed by atoms with van der Waals surface area (Å²) >= 11 is 0. The number of nitrogens with zero attached hydrogens (tertiary/aromatic N) is 2. The summed E-state index contributed by atoms with van der Waals surface area (Å²) in [7, 11) is 1.81. The van der Waals surface area contributed by atoms with Crippen LogP contribution in [0.25, 0.3) is 0 Å². The van der Waals surface area contributed by atoms with Gasteiger partial charge in [0.15, 0.2) is 5.96 Å². The molecule has 142 valence electrons. The van der Waals surface area contributed by atoms with Crippen molar-refractivity contribution in [3.63, 3.8) is 0 Å². The van der Waals surface area contributed by atoms with Gasteiger partial charge in [-0.05, 0) is 31.6 Å². The zero-order valence-corrected chi connectivity index (χ0v) is 18.3. The molecule has 1 rings (SSSR count). The van der Waals surface area contributed by atoms with Crippen LogP contribution in [-0.4, -0.2) is 49.5 Å². The number of nitrogens with one attached hydrogen (secondary N) is 2. The first-order chi connectivity index (χ1) is 11.1. The number of carbonyl (C=O) groups is 1. The van der Waals surface area contributed by atoms with E-state index in [0.717, 1.165) is 57.2 Å². The summed E-state index contributed by atoms with van der Waals surface area (Å²) in [5.74, 6) is 1.98. The highest BCUT2D eigenvalue weighted by Gasteiger charge is 2.26. The smallest absolute Gasteiger partial charge is 0.222 e. The second-order valence-electron chi connectivity index (χ2n) is 6.86. The highest BCUT2D eigenvalue weighted by atomic mass is 127. The molecule has 1 fully saturated rings. The van der Waals surface area contributed by atoms with Gasteiger partial charge in [-0.2, -0.15) is 0 Å². The maximum Gasteiger partial charge on any atom is 0.222 e. The molecule has 0 aliphatic carbocycles. The summed E-state index contributed by atoms with van der Waals surface area (Å²) in [4.78, 5) is 18.2. The maximum atomic E-state index is 11.8. The predicted octanol–water partition coefficient (Wildman–Crippen LogP) is 3.39. The van der Waals surface area contributed by atoms with Gasteiger partial charge in [0, 0.05) is 39.1 Å². The largest absolute Gasteiger partial charge is 0.356 e. The number of hydrogen-bond acceptors (Lipinski definition) is 2. The Hall–Kier alpha value is -0.530. The Labute approximate surface area is 165 Å². The Morgan fingerprint density at radius 3 is 2.46 bits per heavy atom. The molecule has 0 aromatic rings. The number of aliphatic imine (C=N–C) groups is 1. The van der Waals surface area contributed by atoms with Crippen molar-refractivity contribution in [2.45, 2.75) is 71.8 Å². The fraction of sp³-hybridized carbons (Fsp3) is 0.889. The number of unbranched alkanes of at least 4 members (excludes halogenated alkanes) is 1. The third-order valence-electron chi connectivity index (χ3n) is 4.52. The summed E-state index contributed by atoms with van der Waals surface area (Å²) in [6, 6.07) is 0.363. The van der Waals surface area contributed by atoms with Crippen molar-refractivity contribution in [2.24, 2.45) is 10.9 Å². The molecule has 0 radical (unpaired) electrons. The van der Waals surface area contributed by atoms with Crippen LogP contribution in [0.5, 0.6) is 0 Å². The minimum atomic E-state index is 0. The van der Waals surface area contributed by atoms with Crippen LogP contribution in [0.3, 0.4) is 0 Å². The summed E-state index contributed by atoms with van der Waals surface area (Å²) in [5.41, 5.74) is 0. The van der Waals surface area contributed by atoms with Gasteiger partial charge in [0.1, 0.15) is 0 Å². The van der Waals surface area contributed by atoms with Crippen molar-refractivity contribution < 1.29 is 4.79 Å². The zero-order chi connectivity index (χ0) is 17.1. The van der Waals surface area contributed by atoms with Gasteiger partial charge >= 0.3 is 0 Å². The Morgan fingerprint density at radius 2 is 1.92 bits per heavy atom. The van der Waals surface area contributed by atoms with Gasteiger partial charge in [0.25, 0.3) is 0 Å². The van der Waals surface area contributed by atoms with Crippen LogP contribution in [-0.2, 0) is 4.79 Å². The van der Waals surface area contributed by atoms with Gasteiger partial charge in [-0.15, -0.1) is 24.0 Å². The van der Waals surface area contributed by atoms with Crippen molar-refractivity contribution >= 4 is 35.8 Å². The molecular formula is C18H37IN4O. The van der Waals surface area contributed by atoms with E-state index in [2.05, 4.69) is 41.3 Å². The third-order valence-corrected chi connectivity index (χ3v) is 4.52. The van der Waals surface area contributed by atoms with Gasteiger partial charge in [-0.1, -0.05) is 33.6 Å². The summed E-state index contributed by atoms with van der Waals surface area (Å²) in [6.45, 7) is 9.45. The molecule has 1 saturated heterocycles. The fourth-order valence-electron chi connectivity index (χ4n) is 3.10. The van der Waals surface area contributed by atoms with Crippen LogP contribution in [0.4, 0.5) is 0 Å². The van der Waals surface area contributed by atoms with Crippen molar-refractivity contribution in [1.82, 2.24) is 15.5 Å². The Balaban J connectivity index is 0.00000529. The van der Waals surface area contributed by atoms with Gasteiger partial charge in [-0.3, -0.25) is 9.79 Å². The van der Waals surface area contributed by atoms with E-state index in [1.807, 2.05) is 7.05 Å². The maximum absolute atomic E-state index is 11.8. The van der Waals surface area contributed by atoms with Gasteiger partial charge in [0.05, 0.1) is 0 Å². The summed E-state index contributed by atoms with van der Waals surface area (Å²) < 4.78 is 0. The number of halogens is 1. The molecule has 0 aromatic carbocycles. The lowest BCUT2D eigenvalue weighted by atomic mass is 10.1. The normalized spacial score (nSPS) is 16.3. The molecule has 0 saturated carbocycles. The monoisotopic (exact) mass is 452 g/mol. The average Bonchev–Trinajstić information content (AvgIpc) is 2.95. The van der Waals surface area contributed by atoms with Crippen LogP contribution in [0, 0.1) is 5.92 Å².